The summed E-state index contributed by atoms with van der Waals surface area (Å²) in [4.78, 5) is 0. The predicted octanol–water partition coefficient (Wildman–Crippen LogP) is -0.382. The smallest absolute Gasteiger partial charge is 0.397 e. The van der Waals surface area contributed by atoms with Crippen LogP contribution in [-0.4, -0.2) is 29.3 Å². The number of aliphatic hydroxyl groups excluding tert-OH is 1. The van der Waals surface area contributed by atoms with Gasteiger partial charge in [-0.1, -0.05) is 0 Å². The Morgan fingerprint density at radius 1 is 1.75 bits per heavy atom. The van der Waals surface area contributed by atoms with Gasteiger partial charge in [-0.05, 0) is 6.92 Å². The minimum Gasteiger partial charge on any atom is -0.397 e. The first-order valence-corrected chi connectivity index (χ1v) is 1.02. The van der Waals surface area contributed by atoms with Crippen LogP contribution in [0.3, 0.4) is 0 Å². The first kappa shape index (κ1) is 8.82. The first-order chi connectivity index (χ1) is 1.41. The van der Waals surface area contributed by atoms with Crippen molar-refractivity contribution in [2.24, 2.45) is 0 Å². The standard InChI is InChI=1S/C2H6O.Ge/c1-2-3;/h3H,2H2,1H3;/q;+4. The van der Waals surface area contributed by atoms with Gasteiger partial charge >= 0.3 is 17.6 Å². The van der Waals surface area contributed by atoms with Crippen molar-refractivity contribution < 1.29 is 5.11 Å². The second-order valence-corrected chi connectivity index (χ2v) is 0.316. The third-order valence-corrected chi connectivity index (χ3v) is 0. The van der Waals surface area contributed by atoms with Gasteiger partial charge in [0.1, 0.15) is 0 Å². The number of hydrogen-bond acceptors (Lipinski definition) is 1. The molecule has 0 aliphatic heterocycles. The topological polar surface area (TPSA) is 20.2 Å². The van der Waals surface area contributed by atoms with Crippen molar-refractivity contribution in [3.05, 3.63) is 0 Å². The molecule has 0 spiro atoms. The molecule has 0 aliphatic carbocycles. The quantitative estimate of drug-likeness (QED) is 0.430. The molecule has 0 bridgehead atoms. The molecule has 0 aromatic rings. The van der Waals surface area contributed by atoms with Gasteiger partial charge in [0, 0.05) is 6.61 Å². The molecule has 0 heterocycles. The van der Waals surface area contributed by atoms with E-state index < -0.39 is 0 Å². The van der Waals surface area contributed by atoms with Gasteiger partial charge in [-0.3, -0.25) is 0 Å². The summed E-state index contributed by atoms with van der Waals surface area (Å²) < 4.78 is 0. The molecular weight excluding hydrogens is 113 g/mol. The van der Waals surface area contributed by atoms with Gasteiger partial charge in [0.05, 0.1) is 0 Å². The van der Waals surface area contributed by atoms with Crippen LogP contribution in [0.1, 0.15) is 6.92 Å². The molecule has 0 amide bonds. The Morgan fingerprint density at radius 2 is 1.75 bits per heavy atom. The van der Waals surface area contributed by atoms with E-state index >= 15 is 0 Å². The molecule has 4 heavy (non-hydrogen) atoms. The van der Waals surface area contributed by atoms with E-state index in [1.54, 1.807) is 6.92 Å². The minimum absolute atomic E-state index is 0. The van der Waals surface area contributed by atoms with E-state index in [-0.39, 0.29) is 24.2 Å². The van der Waals surface area contributed by atoms with Gasteiger partial charge in [0.15, 0.2) is 0 Å². The average molecular weight is 119 g/mol. The molecule has 0 atom stereocenters. The Labute approximate surface area is 37.0 Å². The van der Waals surface area contributed by atoms with Crippen LogP contribution in [0.2, 0.25) is 0 Å². The van der Waals surface area contributed by atoms with Crippen molar-refractivity contribution in [3.8, 4) is 0 Å². The molecule has 0 aromatic carbocycles. The third kappa shape index (κ3) is 22.4. The molecule has 0 saturated heterocycles. The van der Waals surface area contributed by atoms with Crippen molar-refractivity contribution in [1.29, 1.82) is 0 Å². The van der Waals surface area contributed by atoms with Crippen LogP contribution in [0.25, 0.3) is 0 Å². The van der Waals surface area contributed by atoms with Crippen molar-refractivity contribution in [2.75, 3.05) is 6.61 Å². The zero-order chi connectivity index (χ0) is 2.71. The maximum absolute atomic E-state index is 7.57. The van der Waals surface area contributed by atoms with E-state index in [1.165, 1.54) is 0 Å². The van der Waals surface area contributed by atoms with E-state index in [4.69, 9.17) is 5.11 Å². The molecule has 20 valence electrons. The fourth-order valence-electron chi connectivity index (χ4n) is 0. The van der Waals surface area contributed by atoms with Gasteiger partial charge in [-0.15, -0.1) is 0 Å². The third-order valence-electron chi connectivity index (χ3n) is 0. The summed E-state index contributed by atoms with van der Waals surface area (Å²) in [6, 6.07) is 0. The summed E-state index contributed by atoms with van der Waals surface area (Å²) in [5, 5.41) is 7.57. The molecule has 1 N–H and O–H groups in total. The Morgan fingerprint density at radius 3 is 1.75 bits per heavy atom. The Bertz CT molecular complexity index is 6.00. The van der Waals surface area contributed by atoms with Gasteiger partial charge in [0.25, 0.3) is 0 Å². The summed E-state index contributed by atoms with van der Waals surface area (Å²) in [6.45, 7) is 1.93. The van der Waals surface area contributed by atoms with Crippen LogP contribution in [0.15, 0.2) is 0 Å². The first-order valence-electron chi connectivity index (χ1n) is 1.02. The average Bonchev–Trinajstić information content (AvgIpc) is 0.918. The van der Waals surface area contributed by atoms with Crippen LogP contribution in [-0.2, 0) is 0 Å². The normalized spacial score (nSPS) is 4.50. The largest absolute Gasteiger partial charge is 4.00 e. The molecule has 0 saturated carbocycles. The summed E-state index contributed by atoms with van der Waals surface area (Å²) in [5.41, 5.74) is 0. The maximum atomic E-state index is 7.57. The van der Waals surface area contributed by atoms with E-state index in [0.29, 0.717) is 0 Å². The maximum Gasteiger partial charge on any atom is 4.00 e. The molecule has 1 nitrogen and oxygen atoms in total. The minimum atomic E-state index is 0. The SMILES string of the molecule is CCO.[Ge+4]. The number of rotatable bonds is 0. The summed E-state index contributed by atoms with van der Waals surface area (Å²) in [7, 11) is 0. The summed E-state index contributed by atoms with van der Waals surface area (Å²) in [6.07, 6.45) is 0. The van der Waals surface area contributed by atoms with Crippen LogP contribution in [0, 0.1) is 0 Å². The van der Waals surface area contributed by atoms with Crippen LogP contribution in [0.5, 0.6) is 0 Å². The molecule has 0 unspecified atom stereocenters. The fourth-order valence-corrected chi connectivity index (χ4v) is 0. The Balaban J connectivity index is 0. The van der Waals surface area contributed by atoms with Crippen molar-refractivity contribution in [2.45, 2.75) is 6.92 Å². The molecule has 0 fully saturated rings. The van der Waals surface area contributed by atoms with E-state index in [9.17, 15) is 0 Å². The molecular formula is C2H6GeO+4. The molecule has 0 radical (unpaired) electrons. The van der Waals surface area contributed by atoms with Crippen molar-refractivity contribution >= 4 is 17.6 Å². The molecule has 0 rings (SSSR count). The van der Waals surface area contributed by atoms with Gasteiger partial charge < -0.3 is 5.11 Å². The zero-order valence-electron chi connectivity index (χ0n) is 2.65. The molecule has 0 aliphatic rings. The van der Waals surface area contributed by atoms with Gasteiger partial charge in [-0.2, -0.15) is 0 Å². The van der Waals surface area contributed by atoms with Gasteiger partial charge in [0.2, 0.25) is 0 Å². The summed E-state index contributed by atoms with van der Waals surface area (Å²) in [5.74, 6) is 0. The second-order valence-electron chi connectivity index (χ2n) is 0.316. The van der Waals surface area contributed by atoms with Gasteiger partial charge in [-0.25, -0.2) is 0 Å². The van der Waals surface area contributed by atoms with Crippen molar-refractivity contribution in [1.82, 2.24) is 0 Å². The summed E-state index contributed by atoms with van der Waals surface area (Å²) >= 11 is 0. The fraction of sp³-hybridized carbons (Fsp3) is 1.00. The van der Waals surface area contributed by atoms with Crippen molar-refractivity contribution in [3.63, 3.8) is 0 Å². The molecule has 2 heteroatoms. The number of hydrogen-bond donors (Lipinski definition) is 1. The van der Waals surface area contributed by atoms with Crippen LogP contribution in [0.4, 0.5) is 0 Å². The zero-order valence-corrected chi connectivity index (χ0v) is 4.75. The second kappa shape index (κ2) is 9.72. The van der Waals surface area contributed by atoms with Crippen LogP contribution >= 0.6 is 0 Å². The van der Waals surface area contributed by atoms with E-state index in [2.05, 4.69) is 0 Å². The Hall–Kier alpha value is 0.503. The van der Waals surface area contributed by atoms with E-state index in [1.807, 2.05) is 0 Å². The van der Waals surface area contributed by atoms with E-state index in [0.717, 1.165) is 0 Å². The molecule has 0 aromatic heterocycles. The monoisotopic (exact) mass is 120 g/mol. The van der Waals surface area contributed by atoms with Crippen LogP contribution < -0.4 is 0 Å². The Kier molecular flexibility index (Phi) is 21.4. The predicted molar refractivity (Wildman–Crippen MR) is 18.5 cm³/mol. The number of aliphatic hydroxyl groups is 1.